The van der Waals surface area contributed by atoms with Gasteiger partial charge >= 0.3 is 6.03 Å². The van der Waals surface area contributed by atoms with Gasteiger partial charge in [0.1, 0.15) is 5.82 Å². The van der Waals surface area contributed by atoms with Crippen LogP contribution in [0.5, 0.6) is 0 Å². The highest BCUT2D eigenvalue weighted by Crippen LogP contribution is 2.22. The van der Waals surface area contributed by atoms with Crippen molar-refractivity contribution in [3.63, 3.8) is 0 Å². The van der Waals surface area contributed by atoms with E-state index < -0.39 is 5.82 Å². The number of rotatable bonds is 6. The first-order valence-electron chi connectivity index (χ1n) is 10.8. The van der Waals surface area contributed by atoms with E-state index in [4.69, 9.17) is 4.74 Å². The lowest BCUT2D eigenvalue weighted by molar-refractivity contribution is 0.00693. The third kappa shape index (κ3) is 5.49. The zero-order chi connectivity index (χ0) is 21.7. The number of nitrogens with zero attached hydrogens (tertiary/aromatic N) is 3. The molecule has 7 nitrogen and oxygen atoms in total. The number of halogens is 1. The van der Waals surface area contributed by atoms with E-state index in [0.717, 1.165) is 26.3 Å². The summed E-state index contributed by atoms with van der Waals surface area (Å²) in [5.41, 5.74) is 0.849. The van der Waals surface area contributed by atoms with Crippen molar-refractivity contribution in [2.45, 2.75) is 26.8 Å². The third-order valence-corrected chi connectivity index (χ3v) is 6.01. The standard InChI is InChI=1S/C22H33FN4O3/c1-16(2)21(26-10-12-30-13-11-26)15-24-22(29)27-8-6-25(7-9-27)20-5-4-18(17(3)28)14-19(20)23/h4-5,14,16,21H,6-13,15H2,1-3H3,(H,24,29)/t21-/m0/s1. The molecule has 1 atom stereocenters. The lowest BCUT2D eigenvalue weighted by Gasteiger charge is -2.38. The molecule has 8 heteroatoms. The number of ether oxygens (including phenoxy) is 1. The van der Waals surface area contributed by atoms with E-state index >= 15 is 0 Å². The maximum Gasteiger partial charge on any atom is 0.317 e. The van der Waals surface area contributed by atoms with Crippen molar-refractivity contribution in [1.82, 2.24) is 15.1 Å². The molecule has 3 rings (SSSR count). The van der Waals surface area contributed by atoms with Gasteiger partial charge in [-0.3, -0.25) is 9.69 Å². The van der Waals surface area contributed by atoms with E-state index in [1.807, 2.05) is 4.90 Å². The van der Waals surface area contributed by atoms with Crippen LogP contribution in [0.2, 0.25) is 0 Å². The fourth-order valence-corrected chi connectivity index (χ4v) is 4.13. The molecule has 2 aliphatic heterocycles. The summed E-state index contributed by atoms with van der Waals surface area (Å²) in [6, 6.07) is 4.80. The van der Waals surface area contributed by atoms with Crippen molar-refractivity contribution >= 4 is 17.5 Å². The summed E-state index contributed by atoms with van der Waals surface area (Å²) in [5.74, 6) is -0.120. The summed E-state index contributed by atoms with van der Waals surface area (Å²) in [5, 5.41) is 3.09. The monoisotopic (exact) mass is 420 g/mol. The molecule has 2 fully saturated rings. The number of ketones is 1. The molecular formula is C22H33FN4O3. The molecule has 2 amide bonds. The largest absolute Gasteiger partial charge is 0.379 e. The number of piperazine rings is 1. The Hall–Kier alpha value is -2.19. The lowest BCUT2D eigenvalue weighted by Crippen LogP contribution is -2.55. The SMILES string of the molecule is CC(=O)c1ccc(N2CCN(C(=O)NC[C@@H](C(C)C)N3CCOCC3)CC2)c(F)c1. The van der Waals surface area contributed by atoms with Gasteiger partial charge in [0.2, 0.25) is 0 Å². The Morgan fingerprint density at radius 2 is 1.77 bits per heavy atom. The molecule has 1 N–H and O–H groups in total. The molecule has 0 aliphatic carbocycles. The average molecular weight is 421 g/mol. The summed E-state index contributed by atoms with van der Waals surface area (Å²) < 4.78 is 19.9. The molecule has 0 spiro atoms. The van der Waals surface area contributed by atoms with Crippen molar-refractivity contribution in [2.24, 2.45) is 5.92 Å². The minimum atomic E-state index is -0.397. The topological polar surface area (TPSA) is 65.1 Å². The highest BCUT2D eigenvalue weighted by molar-refractivity contribution is 5.94. The van der Waals surface area contributed by atoms with Crippen LogP contribution in [0.15, 0.2) is 18.2 Å². The Morgan fingerprint density at radius 3 is 2.33 bits per heavy atom. The van der Waals surface area contributed by atoms with Crippen LogP contribution in [0.25, 0.3) is 0 Å². The van der Waals surface area contributed by atoms with E-state index in [1.54, 1.807) is 17.0 Å². The quantitative estimate of drug-likeness (QED) is 0.715. The van der Waals surface area contributed by atoms with E-state index in [-0.39, 0.29) is 17.9 Å². The Labute approximate surface area is 178 Å². The van der Waals surface area contributed by atoms with Crippen molar-refractivity contribution in [3.05, 3.63) is 29.6 Å². The molecule has 1 aromatic carbocycles. The zero-order valence-corrected chi connectivity index (χ0v) is 18.2. The number of nitrogens with one attached hydrogen (secondary N) is 1. The number of amides is 2. The second-order valence-corrected chi connectivity index (χ2v) is 8.34. The van der Waals surface area contributed by atoms with Gasteiger partial charge in [0.25, 0.3) is 0 Å². The molecule has 2 saturated heterocycles. The highest BCUT2D eigenvalue weighted by atomic mass is 19.1. The number of anilines is 1. The van der Waals surface area contributed by atoms with Crippen LogP contribution in [-0.4, -0.2) is 86.7 Å². The fourth-order valence-electron chi connectivity index (χ4n) is 4.13. The van der Waals surface area contributed by atoms with Gasteiger partial charge in [0.05, 0.1) is 18.9 Å². The highest BCUT2D eigenvalue weighted by Gasteiger charge is 2.27. The Balaban J connectivity index is 1.50. The van der Waals surface area contributed by atoms with Crippen LogP contribution in [-0.2, 0) is 4.74 Å². The van der Waals surface area contributed by atoms with Crippen LogP contribution < -0.4 is 10.2 Å². The maximum atomic E-state index is 14.4. The number of Topliss-reactive ketones (excluding diaryl/α,β-unsaturated/α-hetero) is 1. The Morgan fingerprint density at radius 1 is 1.10 bits per heavy atom. The van der Waals surface area contributed by atoms with E-state index in [9.17, 15) is 14.0 Å². The number of carbonyl (C=O) groups is 2. The predicted molar refractivity (Wildman–Crippen MR) is 115 cm³/mol. The zero-order valence-electron chi connectivity index (χ0n) is 18.2. The number of urea groups is 1. The first-order valence-corrected chi connectivity index (χ1v) is 10.8. The van der Waals surface area contributed by atoms with Gasteiger partial charge in [-0.1, -0.05) is 13.8 Å². The van der Waals surface area contributed by atoms with Crippen LogP contribution in [0.3, 0.4) is 0 Å². The first-order chi connectivity index (χ1) is 14.4. The summed E-state index contributed by atoms with van der Waals surface area (Å²) in [4.78, 5) is 30.2. The summed E-state index contributed by atoms with van der Waals surface area (Å²) >= 11 is 0. The van der Waals surface area contributed by atoms with Gasteiger partial charge < -0.3 is 19.9 Å². The van der Waals surface area contributed by atoms with Crippen molar-refractivity contribution in [2.75, 3.05) is 63.9 Å². The third-order valence-electron chi connectivity index (χ3n) is 6.01. The Bertz CT molecular complexity index is 744. The number of morpholine rings is 1. The second kappa shape index (κ2) is 10.2. The molecule has 166 valence electrons. The maximum absolute atomic E-state index is 14.4. The Kier molecular flexibility index (Phi) is 7.66. The molecule has 0 radical (unpaired) electrons. The predicted octanol–water partition coefficient (Wildman–Crippen LogP) is 2.22. The molecule has 30 heavy (non-hydrogen) atoms. The van der Waals surface area contributed by atoms with Crippen LogP contribution in [0, 0.1) is 11.7 Å². The molecule has 0 aromatic heterocycles. The van der Waals surface area contributed by atoms with Crippen molar-refractivity contribution in [1.29, 1.82) is 0 Å². The van der Waals surface area contributed by atoms with Gasteiger partial charge in [0.15, 0.2) is 5.78 Å². The van der Waals surface area contributed by atoms with Crippen LogP contribution >= 0.6 is 0 Å². The molecule has 1 aromatic rings. The summed E-state index contributed by atoms with van der Waals surface area (Å²) in [6.45, 7) is 11.8. The van der Waals surface area contributed by atoms with Gasteiger partial charge in [-0.15, -0.1) is 0 Å². The molecule has 0 saturated carbocycles. The van der Waals surface area contributed by atoms with Gasteiger partial charge in [0, 0.05) is 57.4 Å². The minimum absolute atomic E-state index is 0.0686. The number of hydrogen-bond acceptors (Lipinski definition) is 5. The lowest BCUT2D eigenvalue weighted by atomic mass is 10.0. The normalized spacial score (nSPS) is 19.1. The van der Waals surface area contributed by atoms with E-state index in [1.165, 1.54) is 13.0 Å². The van der Waals surface area contributed by atoms with Gasteiger partial charge in [-0.2, -0.15) is 0 Å². The fraction of sp³-hybridized carbons (Fsp3) is 0.636. The number of benzene rings is 1. The summed E-state index contributed by atoms with van der Waals surface area (Å²) in [6.07, 6.45) is 0. The molecule has 0 bridgehead atoms. The molecule has 2 aliphatic rings. The van der Waals surface area contributed by atoms with E-state index in [0.29, 0.717) is 49.9 Å². The van der Waals surface area contributed by atoms with Gasteiger partial charge in [-0.05, 0) is 31.0 Å². The number of hydrogen-bond donors (Lipinski definition) is 1. The van der Waals surface area contributed by atoms with Crippen molar-refractivity contribution < 1.29 is 18.7 Å². The van der Waals surface area contributed by atoms with Crippen LogP contribution in [0.4, 0.5) is 14.9 Å². The second-order valence-electron chi connectivity index (χ2n) is 8.34. The number of carbonyl (C=O) groups excluding carboxylic acids is 2. The van der Waals surface area contributed by atoms with Crippen LogP contribution in [0.1, 0.15) is 31.1 Å². The molecular weight excluding hydrogens is 387 g/mol. The van der Waals surface area contributed by atoms with Crippen molar-refractivity contribution in [3.8, 4) is 0 Å². The molecule has 2 heterocycles. The first kappa shape index (κ1) is 22.5. The summed E-state index contributed by atoms with van der Waals surface area (Å²) in [7, 11) is 0. The van der Waals surface area contributed by atoms with Gasteiger partial charge in [-0.25, -0.2) is 9.18 Å². The average Bonchev–Trinajstić information content (AvgIpc) is 2.74. The van der Waals surface area contributed by atoms with E-state index in [2.05, 4.69) is 24.1 Å². The molecule has 0 unspecified atom stereocenters. The smallest absolute Gasteiger partial charge is 0.317 e. The minimum Gasteiger partial charge on any atom is -0.379 e.